The van der Waals surface area contributed by atoms with Crippen LogP contribution in [0.4, 0.5) is 0 Å². The summed E-state index contributed by atoms with van der Waals surface area (Å²) in [4.78, 5) is 8.04. The van der Waals surface area contributed by atoms with Crippen molar-refractivity contribution in [1.29, 1.82) is 0 Å². The molecule has 3 aromatic rings. The normalized spacial score (nSPS) is 11.0. The van der Waals surface area contributed by atoms with Crippen molar-refractivity contribution in [3.63, 3.8) is 0 Å². The maximum absolute atomic E-state index is 4.66. The number of aryl methyl sites for hydroxylation is 6. The van der Waals surface area contributed by atoms with E-state index in [4.69, 9.17) is 0 Å². The first-order valence-corrected chi connectivity index (χ1v) is 8.08. The van der Waals surface area contributed by atoms with Crippen LogP contribution in [0.15, 0.2) is 30.6 Å². The molecule has 0 spiro atoms. The summed E-state index contributed by atoms with van der Waals surface area (Å²) < 4.78 is 0. The Morgan fingerprint density at radius 2 is 1.09 bits per heavy atom. The molecule has 1 heterocycles. The highest BCUT2D eigenvalue weighted by molar-refractivity contribution is 5.84. The molecule has 2 aromatic carbocycles. The van der Waals surface area contributed by atoms with Crippen molar-refractivity contribution < 1.29 is 0 Å². The number of hydrogen-bond donors (Lipinski definition) is 1. The molecule has 0 unspecified atom stereocenters. The lowest BCUT2D eigenvalue weighted by Crippen LogP contribution is -1.96. The molecule has 0 radical (unpaired) electrons. The van der Waals surface area contributed by atoms with Gasteiger partial charge in [0.05, 0.1) is 17.7 Å². The molecule has 0 bridgehead atoms. The summed E-state index contributed by atoms with van der Waals surface area (Å²) in [5.41, 5.74) is 12.4. The Morgan fingerprint density at radius 3 is 1.57 bits per heavy atom. The van der Waals surface area contributed by atoms with Crippen molar-refractivity contribution in [1.82, 2.24) is 9.97 Å². The highest BCUT2D eigenvalue weighted by Gasteiger charge is 2.18. The van der Waals surface area contributed by atoms with Crippen LogP contribution in [0.1, 0.15) is 33.4 Å². The molecule has 2 nitrogen and oxygen atoms in total. The second-order valence-electron chi connectivity index (χ2n) is 6.67. The predicted molar refractivity (Wildman–Crippen MR) is 97.9 cm³/mol. The van der Waals surface area contributed by atoms with Crippen molar-refractivity contribution >= 4 is 0 Å². The Morgan fingerprint density at radius 1 is 0.652 bits per heavy atom. The fraction of sp³-hybridized carbons (Fsp3) is 0.286. The van der Waals surface area contributed by atoms with Crippen LogP contribution in [-0.4, -0.2) is 9.97 Å². The van der Waals surface area contributed by atoms with Crippen LogP contribution in [-0.2, 0) is 0 Å². The maximum atomic E-state index is 4.66. The third kappa shape index (κ3) is 2.70. The average Bonchev–Trinajstić information content (AvgIpc) is 2.85. The first kappa shape index (κ1) is 15.5. The predicted octanol–water partition coefficient (Wildman–Crippen LogP) is 5.59. The van der Waals surface area contributed by atoms with E-state index < -0.39 is 0 Å². The third-order valence-electron chi connectivity index (χ3n) is 4.48. The Kier molecular flexibility index (Phi) is 3.85. The van der Waals surface area contributed by atoms with Gasteiger partial charge < -0.3 is 4.98 Å². The third-order valence-corrected chi connectivity index (χ3v) is 4.48. The standard InChI is InChI=1S/C21H24N2/c1-12-7-14(3)18(15(4)8-12)20-21(23-11-22-20)19-16(5)9-13(2)10-17(19)6/h7-11H,1-6H3,(H,22,23). The fourth-order valence-corrected chi connectivity index (χ4v) is 3.80. The summed E-state index contributed by atoms with van der Waals surface area (Å²) in [5, 5.41) is 0. The summed E-state index contributed by atoms with van der Waals surface area (Å²) in [6.07, 6.45) is 1.81. The Bertz CT molecular complexity index is 767. The zero-order valence-corrected chi connectivity index (χ0v) is 14.8. The minimum atomic E-state index is 1.05. The van der Waals surface area contributed by atoms with Crippen molar-refractivity contribution in [2.75, 3.05) is 0 Å². The van der Waals surface area contributed by atoms with Gasteiger partial charge in [-0.2, -0.15) is 0 Å². The van der Waals surface area contributed by atoms with E-state index >= 15 is 0 Å². The largest absolute Gasteiger partial charge is 0.344 e. The van der Waals surface area contributed by atoms with Crippen molar-refractivity contribution in [3.05, 3.63) is 64.0 Å². The first-order chi connectivity index (χ1) is 10.9. The molecule has 1 N–H and O–H groups in total. The number of H-pyrrole nitrogens is 1. The molecule has 23 heavy (non-hydrogen) atoms. The molecule has 0 atom stereocenters. The zero-order chi connectivity index (χ0) is 16.7. The lowest BCUT2D eigenvalue weighted by Gasteiger charge is -2.15. The van der Waals surface area contributed by atoms with Crippen molar-refractivity contribution in [2.24, 2.45) is 0 Å². The number of aromatic nitrogens is 2. The number of rotatable bonds is 2. The van der Waals surface area contributed by atoms with Gasteiger partial charge in [0.15, 0.2) is 0 Å². The monoisotopic (exact) mass is 304 g/mol. The maximum Gasteiger partial charge on any atom is 0.0966 e. The molecule has 0 aliphatic rings. The zero-order valence-electron chi connectivity index (χ0n) is 14.8. The van der Waals surface area contributed by atoms with Gasteiger partial charge in [0.2, 0.25) is 0 Å². The number of hydrogen-bond acceptors (Lipinski definition) is 1. The van der Waals surface area contributed by atoms with Gasteiger partial charge in [-0.1, -0.05) is 35.4 Å². The molecular weight excluding hydrogens is 280 g/mol. The van der Waals surface area contributed by atoms with Crippen molar-refractivity contribution in [2.45, 2.75) is 41.5 Å². The topological polar surface area (TPSA) is 28.7 Å². The van der Waals surface area contributed by atoms with E-state index in [-0.39, 0.29) is 0 Å². The average molecular weight is 304 g/mol. The second-order valence-corrected chi connectivity index (χ2v) is 6.67. The van der Waals surface area contributed by atoms with Crippen LogP contribution in [0.5, 0.6) is 0 Å². The number of nitrogens with zero attached hydrogens (tertiary/aromatic N) is 1. The number of nitrogens with one attached hydrogen (secondary N) is 1. The molecule has 0 amide bonds. The van der Waals surface area contributed by atoms with Gasteiger partial charge in [-0.15, -0.1) is 0 Å². The Balaban J connectivity index is 2.27. The van der Waals surface area contributed by atoms with E-state index in [1.54, 1.807) is 0 Å². The lowest BCUT2D eigenvalue weighted by molar-refractivity contribution is 1.28. The number of benzene rings is 2. The van der Waals surface area contributed by atoms with Gasteiger partial charge in [0.1, 0.15) is 0 Å². The second kappa shape index (κ2) is 5.69. The highest BCUT2D eigenvalue weighted by atomic mass is 14.9. The fourth-order valence-electron chi connectivity index (χ4n) is 3.80. The quantitative estimate of drug-likeness (QED) is 0.656. The summed E-state index contributed by atoms with van der Waals surface area (Å²) in [7, 11) is 0. The highest BCUT2D eigenvalue weighted by Crippen LogP contribution is 2.36. The molecule has 0 aliphatic carbocycles. The van der Waals surface area contributed by atoms with E-state index in [1.165, 1.54) is 44.5 Å². The Hall–Kier alpha value is -2.35. The van der Waals surface area contributed by atoms with Gasteiger partial charge >= 0.3 is 0 Å². The first-order valence-electron chi connectivity index (χ1n) is 8.08. The summed E-state index contributed by atoms with van der Waals surface area (Å²) >= 11 is 0. The van der Waals surface area contributed by atoms with E-state index in [2.05, 4.69) is 75.8 Å². The molecule has 0 aliphatic heterocycles. The lowest BCUT2D eigenvalue weighted by atomic mass is 9.91. The molecule has 0 saturated carbocycles. The van der Waals surface area contributed by atoms with Gasteiger partial charge in [-0.05, 0) is 63.8 Å². The van der Waals surface area contributed by atoms with Crippen LogP contribution < -0.4 is 0 Å². The molecule has 3 rings (SSSR count). The summed E-state index contributed by atoms with van der Waals surface area (Å²) in [6.45, 7) is 13.0. The minimum Gasteiger partial charge on any atom is -0.344 e. The van der Waals surface area contributed by atoms with E-state index in [9.17, 15) is 0 Å². The summed E-state index contributed by atoms with van der Waals surface area (Å²) in [5.74, 6) is 0. The van der Waals surface area contributed by atoms with E-state index in [1.807, 2.05) is 6.33 Å². The molecule has 1 aromatic heterocycles. The van der Waals surface area contributed by atoms with Crippen LogP contribution in [0.25, 0.3) is 22.5 Å². The summed E-state index contributed by atoms with van der Waals surface area (Å²) in [6, 6.07) is 8.94. The number of imidazole rings is 1. The van der Waals surface area contributed by atoms with Gasteiger partial charge in [0.25, 0.3) is 0 Å². The van der Waals surface area contributed by atoms with Gasteiger partial charge in [-0.25, -0.2) is 4.98 Å². The minimum absolute atomic E-state index is 1.05. The van der Waals surface area contributed by atoms with Crippen LogP contribution in [0, 0.1) is 41.5 Å². The van der Waals surface area contributed by atoms with E-state index in [0.29, 0.717) is 0 Å². The molecule has 118 valence electrons. The van der Waals surface area contributed by atoms with E-state index in [0.717, 1.165) is 11.4 Å². The molecule has 0 fully saturated rings. The molecule has 0 saturated heterocycles. The number of aromatic amines is 1. The van der Waals surface area contributed by atoms with Crippen LogP contribution >= 0.6 is 0 Å². The Labute approximate surface area is 138 Å². The molecular formula is C21H24N2. The van der Waals surface area contributed by atoms with Crippen molar-refractivity contribution in [3.8, 4) is 22.5 Å². The van der Waals surface area contributed by atoms with Crippen LogP contribution in [0.3, 0.4) is 0 Å². The SMILES string of the molecule is Cc1cc(C)c(-c2nc[nH]c2-c2c(C)cc(C)cc2C)c(C)c1. The van der Waals surface area contributed by atoms with Gasteiger partial charge in [-0.3, -0.25) is 0 Å². The smallest absolute Gasteiger partial charge is 0.0966 e. The molecule has 2 heteroatoms. The van der Waals surface area contributed by atoms with Crippen LogP contribution in [0.2, 0.25) is 0 Å². The van der Waals surface area contributed by atoms with Gasteiger partial charge in [0, 0.05) is 11.1 Å².